The van der Waals surface area contributed by atoms with Gasteiger partial charge in [0.15, 0.2) is 5.13 Å². The van der Waals surface area contributed by atoms with Gasteiger partial charge in [-0.2, -0.15) is 4.31 Å². The Hall–Kier alpha value is -2.75. The molecule has 1 aliphatic rings. The number of hydrogen-bond acceptors (Lipinski definition) is 6. The fourth-order valence-corrected chi connectivity index (χ4v) is 5.64. The molecule has 150 valence electrons. The molecule has 2 heterocycles. The number of carbonyl (C=O) groups excluding carboxylic acids is 1. The first kappa shape index (κ1) is 19.6. The Morgan fingerprint density at radius 2 is 1.97 bits per heavy atom. The normalized spacial score (nSPS) is 14.2. The van der Waals surface area contributed by atoms with E-state index in [2.05, 4.69) is 10.3 Å². The first-order valence-corrected chi connectivity index (χ1v) is 11.2. The summed E-state index contributed by atoms with van der Waals surface area (Å²) in [5.41, 5.74) is 1.29. The zero-order valence-electron chi connectivity index (χ0n) is 15.7. The Labute approximate surface area is 173 Å². The fourth-order valence-electron chi connectivity index (χ4n) is 3.11. The van der Waals surface area contributed by atoms with Crippen LogP contribution in [0.4, 0.5) is 5.13 Å². The third-order valence-corrected chi connectivity index (χ3v) is 7.49. The quantitative estimate of drug-likeness (QED) is 0.673. The van der Waals surface area contributed by atoms with Gasteiger partial charge in [0.1, 0.15) is 5.75 Å². The minimum Gasteiger partial charge on any atom is -0.497 e. The number of benzene rings is 2. The van der Waals surface area contributed by atoms with Crippen LogP contribution >= 0.6 is 11.3 Å². The zero-order chi connectivity index (χ0) is 20.4. The van der Waals surface area contributed by atoms with Gasteiger partial charge in [-0.05, 0) is 30.3 Å². The number of ether oxygens (including phenoxy) is 1. The number of nitrogens with one attached hydrogen (secondary N) is 1. The van der Waals surface area contributed by atoms with Crippen molar-refractivity contribution in [3.8, 4) is 5.75 Å². The molecule has 0 radical (unpaired) electrons. The molecule has 0 saturated heterocycles. The Bertz CT molecular complexity index is 1140. The van der Waals surface area contributed by atoms with Crippen LogP contribution < -0.4 is 10.1 Å². The lowest BCUT2D eigenvalue weighted by Gasteiger charge is -2.25. The van der Waals surface area contributed by atoms with Gasteiger partial charge in [-0.15, -0.1) is 11.3 Å². The van der Waals surface area contributed by atoms with Crippen LogP contribution in [0.25, 0.3) is 0 Å². The average molecular weight is 430 g/mol. The maximum Gasteiger partial charge on any atom is 0.257 e. The predicted molar refractivity (Wildman–Crippen MR) is 111 cm³/mol. The number of sulfonamides is 1. The highest BCUT2D eigenvalue weighted by Crippen LogP contribution is 2.31. The number of nitrogens with zero attached hydrogens (tertiary/aromatic N) is 2. The van der Waals surface area contributed by atoms with Gasteiger partial charge in [0.25, 0.3) is 5.91 Å². The molecule has 3 aromatic rings. The van der Waals surface area contributed by atoms with E-state index in [0.717, 1.165) is 10.6 Å². The van der Waals surface area contributed by atoms with Crippen molar-refractivity contribution in [1.29, 1.82) is 0 Å². The zero-order valence-corrected chi connectivity index (χ0v) is 17.3. The molecule has 0 spiro atoms. The Morgan fingerprint density at radius 1 is 1.17 bits per heavy atom. The van der Waals surface area contributed by atoms with Gasteiger partial charge in [0.05, 0.1) is 24.2 Å². The summed E-state index contributed by atoms with van der Waals surface area (Å²) < 4.78 is 32.3. The van der Waals surface area contributed by atoms with E-state index in [9.17, 15) is 13.2 Å². The number of fused-ring (bicyclic) bond motifs is 1. The summed E-state index contributed by atoms with van der Waals surface area (Å²) >= 11 is 1.30. The average Bonchev–Trinajstić information content (AvgIpc) is 3.15. The van der Waals surface area contributed by atoms with Gasteiger partial charge in [0, 0.05) is 23.4 Å². The van der Waals surface area contributed by atoms with Gasteiger partial charge >= 0.3 is 0 Å². The molecule has 0 unspecified atom stereocenters. The Balaban J connectivity index is 1.51. The lowest BCUT2D eigenvalue weighted by atomic mass is 10.2. The maximum atomic E-state index is 12.9. The van der Waals surface area contributed by atoms with Crippen LogP contribution in [-0.2, 0) is 23.0 Å². The number of hydrogen-bond donors (Lipinski definition) is 1. The van der Waals surface area contributed by atoms with Gasteiger partial charge in [-0.25, -0.2) is 13.4 Å². The number of amides is 1. The van der Waals surface area contributed by atoms with Crippen LogP contribution in [0.15, 0.2) is 59.5 Å². The number of anilines is 1. The summed E-state index contributed by atoms with van der Waals surface area (Å²) in [7, 11) is -2.02. The molecular weight excluding hydrogens is 410 g/mol. The number of thiazole rings is 1. The molecule has 1 N–H and O–H groups in total. The van der Waals surface area contributed by atoms with Crippen molar-refractivity contribution in [1.82, 2.24) is 9.29 Å². The van der Waals surface area contributed by atoms with E-state index in [4.69, 9.17) is 4.74 Å². The van der Waals surface area contributed by atoms with E-state index >= 15 is 0 Å². The van der Waals surface area contributed by atoms with E-state index in [1.165, 1.54) is 15.6 Å². The lowest BCUT2D eigenvalue weighted by molar-refractivity contribution is 0.102. The van der Waals surface area contributed by atoms with E-state index < -0.39 is 10.0 Å². The smallest absolute Gasteiger partial charge is 0.257 e. The Morgan fingerprint density at radius 3 is 2.72 bits per heavy atom. The summed E-state index contributed by atoms with van der Waals surface area (Å²) in [4.78, 5) is 18.1. The van der Waals surface area contributed by atoms with Crippen molar-refractivity contribution in [3.63, 3.8) is 0 Å². The first-order chi connectivity index (χ1) is 14.0. The van der Waals surface area contributed by atoms with Crippen molar-refractivity contribution in [2.75, 3.05) is 19.0 Å². The largest absolute Gasteiger partial charge is 0.497 e. The molecule has 7 nitrogen and oxygen atoms in total. The number of rotatable bonds is 5. The second-order valence-corrected chi connectivity index (χ2v) is 9.50. The van der Waals surface area contributed by atoms with Gasteiger partial charge in [-0.3, -0.25) is 10.1 Å². The molecular formula is C20H19N3O4S2. The Kier molecular flexibility index (Phi) is 5.35. The molecule has 29 heavy (non-hydrogen) atoms. The summed E-state index contributed by atoms with van der Waals surface area (Å²) in [5.74, 6) is 0.307. The summed E-state index contributed by atoms with van der Waals surface area (Å²) in [6, 6.07) is 15.2. The van der Waals surface area contributed by atoms with Crippen molar-refractivity contribution in [2.24, 2.45) is 0 Å². The van der Waals surface area contributed by atoms with Crippen LogP contribution in [0, 0.1) is 0 Å². The maximum absolute atomic E-state index is 12.9. The molecule has 1 aromatic heterocycles. The molecule has 9 heteroatoms. The number of carbonyl (C=O) groups is 1. The third-order valence-electron chi connectivity index (χ3n) is 4.63. The molecule has 1 aliphatic heterocycles. The first-order valence-electron chi connectivity index (χ1n) is 8.96. The standard InChI is InChI=1S/C20H19N3O4S2/c1-27-15-7-5-6-14(12-15)19(24)22-20-21-17-10-11-23(13-18(17)28-20)29(25,26)16-8-3-2-4-9-16/h2-9,12H,10-11,13H2,1H3,(H,21,22,24). The van der Waals surface area contributed by atoms with Crippen LogP contribution in [0.1, 0.15) is 20.9 Å². The minimum atomic E-state index is -3.56. The van der Waals surface area contributed by atoms with Gasteiger partial charge in [0.2, 0.25) is 10.0 Å². The molecule has 0 atom stereocenters. The summed E-state index contributed by atoms with van der Waals surface area (Å²) in [6.45, 7) is 0.608. The molecule has 0 saturated carbocycles. The third kappa shape index (κ3) is 4.02. The van der Waals surface area contributed by atoms with Crippen molar-refractivity contribution < 1.29 is 17.9 Å². The number of methoxy groups -OCH3 is 1. The molecule has 0 aliphatic carbocycles. The highest BCUT2D eigenvalue weighted by Gasteiger charge is 2.30. The van der Waals surface area contributed by atoms with Crippen molar-refractivity contribution in [3.05, 3.63) is 70.7 Å². The fraction of sp³-hybridized carbons (Fsp3) is 0.200. The summed E-state index contributed by atoms with van der Waals surface area (Å²) in [6.07, 6.45) is 0.507. The highest BCUT2D eigenvalue weighted by molar-refractivity contribution is 7.89. The highest BCUT2D eigenvalue weighted by atomic mass is 32.2. The minimum absolute atomic E-state index is 0.249. The number of aromatic nitrogens is 1. The van der Waals surface area contributed by atoms with Gasteiger partial charge in [-0.1, -0.05) is 24.3 Å². The SMILES string of the molecule is COc1cccc(C(=O)Nc2nc3c(s2)CN(S(=O)(=O)c2ccccc2)CC3)c1. The van der Waals surface area contributed by atoms with Crippen LogP contribution in [-0.4, -0.2) is 37.3 Å². The van der Waals surface area contributed by atoms with Crippen LogP contribution in [0.5, 0.6) is 5.75 Å². The molecule has 0 bridgehead atoms. The van der Waals surface area contributed by atoms with E-state index in [0.29, 0.717) is 29.4 Å². The van der Waals surface area contributed by atoms with Crippen LogP contribution in [0.3, 0.4) is 0 Å². The van der Waals surface area contributed by atoms with E-state index in [1.54, 1.807) is 61.7 Å². The molecule has 4 rings (SSSR count). The van der Waals surface area contributed by atoms with E-state index in [1.807, 2.05) is 0 Å². The lowest BCUT2D eigenvalue weighted by Crippen LogP contribution is -2.35. The predicted octanol–water partition coefficient (Wildman–Crippen LogP) is 3.15. The van der Waals surface area contributed by atoms with Crippen LogP contribution in [0.2, 0.25) is 0 Å². The molecule has 1 amide bonds. The molecule has 0 fully saturated rings. The second-order valence-electron chi connectivity index (χ2n) is 6.48. The van der Waals surface area contributed by atoms with Gasteiger partial charge < -0.3 is 4.74 Å². The second kappa shape index (κ2) is 7.94. The topological polar surface area (TPSA) is 88.6 Å². The summed E-state index contributed by atoms with van der Waals surface area (Å²) in [5, 5.41) is 3.26. The monoisotopic (exact) mass is 429 g/mol. The van der Waals surface area contributed by atoms with E-state index in [-0.39, 0.29) is 17.3 Å². The van der Waals surface area contributed by atoms with Crippen molar-refractivity contribution in [2.45, 2.75) is 17.9 Å². The van der Waals surface area contributed by atoms with Crippen molar-refractivity contribution >= 4 is 32.4 Å². The molecule has 2 aromatic carbocycles.